The number of ether oxygens (including phenoxy) is 1. The molecule has 0 aliphatic carbocycles. The molecule has 1 saturated heterocycles. The zero-order valence-corrected chi connectivity index (χ0v) is 20.5. The Labute approximate surface area is 207 Å². The Balaban J connectivity index is 1.57. The van der Waals surface area contributed by atoms with E-state index in [4.69, 9.17) is 14.3 Å². The van der Waals surface area contributed by atoms with Gasteiger partial charge in [-0.2, -0.15) is 0 Å². The molecule has 35 heavy (non-hydrogen) atoms. The lowest BCUT2D eigenvalue weighted by Crippen LogP contribution is -2.29. The molecule has 180 valence electrons. The van der Waals surface area contributed by atoms with Crippen molar-refractivity contribution in [3.63, 3.8) is 0 Å². The standard InChI is InChI=1S/C25H23N3O5S2/c1-3-15-28-24(29)23(34-25(28)27-18-7-9-19(10-8-18)32-4-2)16-20-11-14-22(33-20)17-5-12-21(13-6-17)35(26,30)31/h3,5-14,16H,1,4,15H2,2H3,(H2,26,30,31)/b23-16-,27-25?. The first-order valence-corrected chi connectivity index (χ1v) is 13.0. The molecule has 0 saturated carbocycles. The number of nitrogens with two attached hydrogens (primary N) is 1. The first kappa shape index (κ1) is 24.5. The number of carbonyl (C=O) groups excluding carboxylic acids is 1. The second-order valence-electron chi connectivity index (χ2n) is 7.41. The third-order valence-corrected chi connectivity index (χ3v) is 6.88. The van der Waals surface area contributed by atoms with Crippen molar-refractivity contribution in [1.82, 2.24) is 4.90 Å². The van der Waals surface area contributed by atoms with E-state index in [9.17, 15) is 13.2 Å². The van der Waals surface area contributed by atoms with E-state index in [1.807, 2.05) is 31.2 Å². The maximum atomic E-state index is 13.0. The molecule has 0 spiro atoms. The number of sulfonamides is 1. The molecule has 0 radical (unpaired) electrons. The first-order chi connectivity index (χ1) is 16.8. The van der Waals surface area contributed by atoms with Crippen LogP contribution in [0, 0.1) is 0 Å². The molecule has 4 rings (SSSR count). The van der Waals surface area contributed by atoms with Crippen LogP contribution in [0.2, 0.25) is 0 Å². The molecular formula is C25H23N3O5S2. The van der Waals surface area contributed by atoms with Gasteiger partial charge in [-0.25, -0.2) is 18.5 Å². The number of benzene rings is 2. The van der Waals surface area contributed by atoms with Gasteiger partial charge in [0.2, 0.25) is 10.0 Å². The van der Waals surface area contributed by atoms with Crippen molar-refractivity contribution in [3.05, 3.63) is 84.0 Å². The summed E-state index contributed by atoms with van der Waals surface area (Å²) < 4.78 is 34.2. The number of furan rings is 1. The highest BCUT2D eigenvalue weighted by molar-refractivity contribution is 8.18. The number of carbonyl (C=O) groups is 1. The number of hydrogen-bond donors (Lipinski definition) is 1. The first-order valence-electron chi connectivity index (χ1n) is 10.7. The lowest BCUT2D eigenvalue weighted by atomic mass is 10.2. The molecular weight excluding hydrogens is 486 g/mol. The average molecular weight is 510 g/mol. The average Bonchev–Trinajstić information content (AvgIpc) is 3.41. The molecule has 8 nitrogen and oxygen atoms in total. The third kappa shape index (κ3) is 5.73. The van der Waals surface area contributed by atoms with Gasteiger partial charge in [-0.3, -0.25) is 9.69 Å². The van der Waals surface area contributed by atoms with Crippen LogP contribution in [0.5, 0.6) is 5.75 Å². The van der Waals surface area contributed by atoms with Crippen molar-refractivity contribution < 1.29 is 22.4 Å². The van der Waals surface area contributed by atoms with Crippen molar-refractivity contribution in [2.45, 2.75) is 11.8 Å². The summed E-state index contributed by atoms with van der Waals surface area (Å²) >= 11 is 1.25. The molecule has 2 heterocycles. The Kier molecular flexibility index (Phi) is 7.25. The molecule has 10 heteroatoms. The van der Waals surface area contributed by atoms with Gasteiger partial charge in [0, 0.05) is 18.2 Å². The number of hydrogen-bond acceptors (Lipinski definition) is 7. The molecule has 1 aliphatic heterocycles. The quantitative estimate of drug-likeness (QED) is 0.345. The van der Waals surface area contributed by atoms with Gasteiger partial charge in [-0.05, 0) is 79.3 Å². The van der Waals surface area contributed by atoms with Crippen molar-refractivity contribution in [2.75, 3.05) is 13.2 Å². The van der Waals surface area contributed by atoms with Crippen LogP contribution in [0.15, 0.2) is 92.5 Å². The van der Waals surface area contributed by atoms with Crippen LogP contribution in [0.4, 0.5) is 5.69 Å². The van der Waals surface area contributed by atoms with E-state index < -0.39 is 10.0 Å². The number of amides is 1. The fraction of sp³-hybridized carbons (Fsp3) is 0.120. The fourth-order valence-electron chi connectivity index (χ4n) is 3.30. The summed E-state index contributed by atoms with van der Waals surface area (Å²) in [4.78, 5) is 19.7. The molecule has 1 aromatic heterocycles. The molecule has 1 aliphatic rings. The number of amidine groups is 1. The van der Waals surface area contributed by atoms with E-state index in [0.29, 0.717) is 46.0 Å². The van der Waals surface area contributed by atoms with Gasteiger partial charge in [0.05, 0.1) is 22.1 Å². The number of aliphatic imine (C=N–C) groups is 1. The molecule has 2 aromatic carbocycles. The molecule has 0 unspecified atom stereocenters. The summed E-state index contributed by atoms with van der Waals surface area (Å²) in [5.41, 5.74) is 1.38. The molecule has 1 amide bonds. The highest BCUT2D eigenvalue weighted by atomic mass is 32.2. The van der Waals surface area contributed by atoms with E-state index in [1.54, 1.807) is 41.3 Å². The fourth-order valence-corrected chi connectivity index (χ4v) is 4.80. The summed E-state index contributed by atoms with van der Waals surface area (Å²) in [6, 6.07) is 16.9. The van der Waals surface area contributed by atoms with E-state index in [2.05, 4.69) is 11.6 Å². The van der Waals surface area contributed by atoms with Gasteiger partial charge in [0.15, 0.2) is 5.17 Å². The van der Waals surface area contributed by atoms with E-state index in [1.165, 1.54) is 23.9 Å². The van der Waals surface area contributed by atoms with Gasteiger partial charge in [-0.1, -0.05) is 6.08 Å². The molecule has 3 aromatic rings. The Bertz CT molecular complexity index is 1410. The minimum atomic E-state index is -3.77. The van der Waals surface area contributed by atoms with Crippen LogP contribution in [0.3, 0.4) is 0 Å². The minimum Gasteiger partial charge on any atom is -0.494 e. The normalized spacial score (nSPS) is 16.3. The zero-order valence-electron chi connectivity index (χ0n) is 18.9. The monoisotopic (exact) mass is 509 g/mol. The van der Waals surface area contributed by atoms with Gasteiger partial charge in [-0.15, -0.1) is 6.58 Å². The number of rotatable bonds is 8. The summed E-state index contributed by atoms with van der Waals surface area (Å²) in [5.74, 6) is 1.56. The summed E-state index contributed by atoms with van der Waals surface area (Å²) in [6.07, 6.45) is 3.30. The highest BCUT2D eigenvalue weighted by Crippen LogP contribution is 2.35. The predicted octanol–water partition coefficient (Wildman–Crippen LogP) is 4.78. The topological polar surface area (TPSA) is 115 Å². The van der Waals surface area contributed by atoms with Crippen LogP contribution in [-0.2, 0) is 14.8 Å². The number of nitrogens with zero attached hydrogens (tertiary/aromatic N) is 2. The minimum absolute atomic E-state index is 0.0183. The van der Waals surface area contributed by atoms with Crippen LogP contribution < -0.4 is 9.88 Å². The van der Waals surface area contributed by atoms with Crippen molar-refractivity contribution in [1.29, 1.82) is 0 Å². The van der Waals surface area contributed by atoms with Gasteiger partial charge >= 0.3 is 0 Å². The zero-order chi connectivity index (χ0) is 25.0. The van der Waals surface area contributed by atoms with Gasteiger partial charge < -0.3 is 9.15 Å². The molecule has 1 fully saturated rings. The Morgan fingerprint density at radius 3 is 2.46 bits per heavy atom. The van der Waals surface area contributed by atoms with Crippen molar-refractivity contribution in [2.24, 2.45) is 10.1 Å². The van der Waals surface area contributed by atoms with Crippen LogP contribution >= 0.6 is 11.8 Å². The molecule has 0 atom stereocenters. The number of primary sulfonamides is 1. The smallest absolute Gasteiger partial charge is 0.267 e. The van der Waals surface area contributed by atoms with Crippen LogP contribution in [0.25, 0.3) is 17.4 Å². The SMILES string of the molecule is C=CCN1C(=O)/C(=C/c2ccc(-c3ccc(S(N)(=O)=O)cc3)o2)SC1=Nc1ccc(OCC)cc1. The van der Waals surface area contributed by atoms with Crippen molar-refractivity contribution in [3.8, 4) is 17.1 Å². The summed E-state index contributed by atoms with van der Waals surface area (Å²) in [7, 11) is -3.77. The number of thioether (sulfide) groups is 1. The van der Waals surface area contributed by atoms with E-state index >= 15 is 0 Å². The Morgan fingerprint density at radius 2 is 1.83 bits per heavy atom. The maximum absolute atomic E-state index is 13.0. The Hall–Kier alpha value is -3.60. The molecule has 0 bridgehead atoms. The van der Waals surface area contributed by atoms with Gasteiger partial charge in [0.1, 0.15) is 17.3 Å². The lowest BCUT2D eigenvalue weighted by Gasteiger charge is -2.12. The van der Waals surface area contributed by atoms with E-state index in [0.717, 1.165) is 5.75 Å². The van der Waals surface area contributed by atoms with Gasteiger partial charge in [0.25, 0.3) is 5.91 Å². The predicted molar refractivity (Wildman–Crippen MR) is 138 cm³/mol. The molecule has 2 N–H and O–H groups in total. The summed E-state index contributed by atoms with van der Waals surface area (Å²) in [5, 5.41) is 5.68. The van der Waals surface area contributed by atoms with Crippen LogP contribution in [0.1, 0.15) is 12.7 Å². The van der Waals surface area contributed by atoms with Crippen LogP contribution in [-0.4, -0.2) is 37.5 Å². The second kappa shape index (κ2) is 10.3. The largest absolute Gasteiger partial charge is 0.494 e. The highest BCUT2D eigenvalue weighted by Gasteiger charge is 2.33. The van der Waals surface area contributed by atoms with Crippen molar-refractivity contribution >= 4 is 44.6 Å². The van der Waals surface area contributed by atoms with E-state index in [-0.39, 0.29) is 10.8 Å². The Morgan fingerprint density at radius 1 is 1.11 bits per heavy atom. The third-order valence-electron chi connectivity index (χ3n) is 4.94. The lowest BCUT2D eigenvalue weighted by molar-refractivity contribution is -0.121. The second-order valence-corrected chi connectivity index (χ2v) is 9.98. The summed E-state index contributed by atoms with van der Waals surface area (Å²) in [6.45, 7) is 6.56. The maximum Gasteiger partial charge on any atom is 0.267 e.